The molecule has 1 aliphatic heterocycles. The second-order valence-electron chi connectivity index (χ2n) is 4.25. The van der Waals surface area contributed by atoms with E-state index in [-0.39, 0.29) is 5.91 Å². The van der Waals surface area contributed by atoms with Crippen molar-refractivity contribution in [2.45, 2.75) is 6.42 Å². The van der Waals surface area contributed by atoms with E-state index in [9.17, 15) is 9.59 Å². The smallest absolute Gasteiger partial charge is 0.291 e. The van der Waals surface area contributed by atoms with E-state index < -0.39 is 6.03 Å². The highest BCUT2D eigenvalue weighted by Gasteiger charge is 2.25. The Morgan fingerprint density at radius 1 is 1.21 bits per heavy atom. The fourth-order valence-electron chi connectivity index (χ4n) is 2.15. The molecule has 3 rings (SSSR count). The molecule has 3 amide bonds. The molecule has 0 unspecified atom stereocenters. The fourth-order valence-corrected chi connectivity index (χ4v) is 2.62. The van der Waals surface area contributed by atoms with Crippen molar-refractivity contribution in [3.05, 3.63) is 35.1 Å². The number of benzene rings is 1. The number of urea groups is 1. The van der Waals surface area contributed by atoms with Crippen LogP contribution < -0.4 is 10.2 Å². The number of pyridine rings is 1. The van der Waals surface area contributed by atoms with E-state index in [0.29, 0.717) is 18.7 Å². The van der Waals surface area contributed by atoms with Gasteiger partial charge in [-0.15, -0.1) is 0 Å². The number of rotatable bonds is 1. The Balaban J connectivity index is 2.13. The lowest BCUT2D eigenvalue weighted by Crippen LogP contribution is -2.49. The number of imide groups is 1. The molecule has 0 spiro atoms. The van der Waals surface area contributed by atoms with Gasteiger partial charge in [0.1, 0.15) is 0 Å². The Kier molecular flexibility index (Phi) is 2.94. The van der Waals surface area contributed by atoms with Gasteiger partial charge >= 0.3 is 6.03 Å². The summed E-state index contributed by atoms with van der Waals surface area (Å²) >= 11 is 3.47. The number of aromatic nitrogens is 1. The Morgan fingerprint density at radius 3 is 2.84 bits per heavy atom. The molecule has 96 valence electrons. The predicted molar refractivity (Wildman–Crippen MR) is 74.9 cm³/mol. The van der Waals surface area contributed by atoms with E-state index >= 15 is 0 Å². The molecule has 1 N–H and O–H groups in total. The van der Waals surface area contributed by atoms with Crippen molar-refractivity contribution < 1.29 is 9.59 Å². The van der Waals surface area contributed by atoms with Crippen molar-refractivity contribution >= 4 is 44.3 Å². The molecule has 2 aromatic rings. The molecule has 0 bridgehead atoms. The Morgan fingerprint density at radius 2 is 2.05 bits per heavy atom. The average molecular weight is 320 g/mol. The SMILES string of the molecule is O=C1CCN(c2cncc3c(Br)cccc23)C(=O)N1. The summed E-state index contributed by atoms with van der Waals surface area (Å²) in [4.78, 5) is 28.8. The van der Waals surface area contributed by atoms with Gasteiger partial charge in [-0.25, -0.2) is 4.79 Å². The maximum atomic E-state index is 11.9. The first-order valence-corrected chi connectivity index (χ1v) is 6.59. The van der Waals surface area contributed by atoms with E-state index in [2.05, 4.69) is 26.2 Å². The molecule has 6 heteroatoms. The lowest BCUT2D eigenvalue weighted by atomic mass is 10.1. The molecule has 5 nitrogen and oxygen atoms in total. The average Bonchev–Trinajstić information content (AvgIpc) is 2.39. The van der Waals surface area contributed by atoms with E-state index in [1.165, 1.54) is 0 Å². The molecule has 0 atom stereocenters. The lowest BCUT2D eigenvalue weighted by Gasteiger charge is -2.27. The van der Waals surface area contributed by atoms with Crippen LogP contribution in [-0.4, -0.2) is 23.5 Å². The number of hydrogen-bond acceptors (Lipinski definition) is 3. The van der Waals surface area contributed by atoms with Crippen LogP contribution in [0.2, 0.25) is 0 Å². The van der Waals surface area contributed by atoms with Gasteiger partial charge in [-0.1, -0.05) is 28.1 Å². The summed E-state index contributed by atoms with van der Waals surface area (Å²) in [6, 6.07) is 5.36. The first kappa shape index (κ1) is 12.1. The van der Waals surface area contributed by atoms with Crippen LogP contribution in [0.5, 0.6) is 0 Å². The summed E-state index contributed by atoms with van der Waals surface area (Å²) in [6.45, 7) is 0.373. The minimum Gasteiger partial charge on any atom is -0.291 e. The number of carbonyl (C=O) groups excluding carboxylic acids is 2. The van der Waals surface area contributed by atoms with Crippen molar-refractivity contribution in [3.8, 4) is 0 Å². The number of anilines is 1. The molecule has 1 aromatic heterocycles. The number of nitrogens with one attached hydrogen (secondary N) is 1. The largest absolute Gasteiger partial charge is 0.328 e. The molecule has 19 heavy (non-hydrogen) atoms. The minimum atomic E-state index is -0.398. The molecule has 1 fully saturated rings. The van der Waals surface area contributed by atoms with Crippen molar-refractivity contribution in [2.24, 2.45) is 0 Å². The lowest BCUT2D eigenvalue weighted by molar-refractivity contribution is -0.120. The van der Waals surface area contributed by atoms with Gasteiger partial charge < -0.3 is 0 Å². The van der Waals surface area contributed by atoms with Crippen LogP contribution in [0.25, 0.3) is 10.8 Å². The van der Waals surface area contributed by atoms with E-state index in [0.717, 1.165) is 15.2 Å². The van der Waals surface area contributed by atoms with Gasteiger partial charge in [-0.3, -0.25) is 20.0 Å². The highest BCUT2D eigenvalue weighted by Crippen LogP contribution is 2.31. The predicted octanol–water partition coefficient (Wildman–Crippen LogP) is 2.44. The van der Waals surface area contributed by atoms with E-state index in [1.54, 1.807) is 17.3 Å². The fraction of sp³-hybridized carbons (Fsp3) is 0.154. The van der Waals surface area contributed by atoms with E-state index in [1.807, 2.05) is 18.2 Å². The van der Waals surface area contributed by atoms with Crippen molar-refractivity contribution in [1.82, 2.24) is 10.3 Å². The van der Waals surface area contributed by atoms with Crippen LogP contribution in [0, 0.1) is 0 Å². The summed E-state index contributed by atoms with van der Waals surface area (Å²) in [5, 5.41) is 4.18. The Hall–Kier alpha value is -1.95. The zero-order valence-electron chi connectivity index (χ0n) is 9.89. The number of amides is 3. The highest BCUT2D eigenvalue weighted by atomic mass is 79.9. The molecular weight excluding hydrogens is 310 g/mol. The van der Waals surface area contributed by atoms with Gasteiger partial charge in [0.05, 0.1) is 11.9 Å². The molecule has 0 aliphatic carbocycles. The van der Waals surface area contributed by atoms with Crippen molar-refractivity contribution in [2.75, 3.05) is 11.4 Å². The van der Waals surface area contributed by atoms with Crippen LogP contribution in [-0.2, 0) is 4.79 Å². The molecule has 0 radical (unpaired) electrons. The number of carbonyl (C=O) groups is 2. The summed E-state index contributed by atoms with van der Waals surface area (Å²) in [7, 11) is 0. The van der Waals surface area contributed by atoms with Gasteiger partial charge in [0.2, 0.25) is 5.91 Å². The molecule has 1 saturated heterocycles. The van der Waals surface area contributed by atoms with Crippen molar-refractivity contribution in [3.63, 3.8) is 0 Å². The third-order valence-electron chi connectivity index (χ3n) is 3.07. The Labute approximate surface area is 117 Å². The normalized spacial score (nSPS) is 15.7. The van der Waals surface area contributed by atoms with Crippen LogP contribution in [0.15, 0.2) is 35.1 Å². The van der Waals surface area contributed by atoms with Gasteiger partial charge in [-0.05, 0) is 6.07 Å². The van der Waals surface area contributed by atoms with Gasteiger partial charge in [0.25, 0.3) is 0 Å². The standard InChI is InChI=1S/C13H10BrN3O2/c14-10-3-1-2-8-9(10)6-15-7-11(8)17-5-4-12(18)16-13(17)19/h1-3,6-7H,4-5H2,(H,16,18,19). The zero-order chi connectivity index (χ0) is 13.4. The van der Waals surface area contributed by atoms with Crippen LogP contribution in [0.3, 0.4) is 0 Å². The molecule has 2 heterocycles. The first-order valence-electron chi connectivity index (χ1n) is 5.80. The second-order valence-corrected chi connectivity index (χ2v) is 5.10. The summed E-state index contributed by atoms with van der Waals surface area (Å²) in [5.74, 6) is -0.240. The molecular formula is C13H10BrN3O2. The number of fused-ring (bicyclic) bond motifs is 1. The summed E-state index contributed by atoms with van der Waals surface area (Å²) < 4.78 is 0.924. The topological polar surface area (TPSA) is 62.3 Å². The van der Waals surface area contributed by atoms with Gasteiger partial charge in [0, 0.05) is 34.4 Å². The van der Waals surface area contributed by atoms with Crippen LogP contribution in [0.1, 0.15) is 6.42 Å². The monoisotopic (exact) mass is 319 g/mol. The third-order valence-corrected chi connectivity index (χ3v) is 3.77. The molecule has 1 aromatic carbocycles. The maximum absolute atomic E-state index is 11.9. The highest BCUT2D eigenvalue weighted by molar-refractivity contribution is 9.10. The van der Waals surface area contributed by atoms with Gasteiger partial charge in [0.15, 0.2) is 0 Å². The number of nitrogens with zero attached hydrogens (tertiary/aromatic N) is 2. The first-order chi connectivity index (χ1) is 9.16. The van der Waals surface area contributed by atoms with Crippen LogP contribution in [0.4, 0.5) is 10.5 Å². The molecule has 1 aliphatic rings. The summed E-state index contributed by atoms with van der Waals surface area (Å²) in [6.07, 6.45) is 3.69. The maximum Gasteiger partial charge on any atom is 0.328 e. The quantitative estimate of drug-likeness (QED) is 0.878. The zero-order valence-corrected chi connectivity index (χ0v) is 11.5. The van der Waals surface area contributed by atoms with Gasteiger partial charge in [-0.2, -0.15) is 0 Å². The number of hydrogen-bond donors (Lipinski definition) is 1. The minimum absolute atomic E-state index is 0.240. The second kappa shape index (κ2) is 4.62. The third kappa shape index (κ3) is 2.08. The van der Waals surface area contributed by atoms with Crippen LogP contribution >= 0.6 is 15.9 Å². The van der Waals surface area contributed by atoms with E-state index in [4.69, 9.17) is 0 Å². The number of halogens is 1. The molecule has 0 saturated carbocycles. The summed E-state index contributed by atoms with van der Waals surface area (Å²) in [5.41, 5.74) is 0.712. The Bertz CT molecular complexity index is 687. The van der Waals surface area contributed by atoms with Crippen molar-refractivity contribution in [1.29, 1.82) is 0 Å².